The molecule has 6 nitrogen and oxygen atoms in total. The second-order valence-corrected chi connectivity index (χ2v) is 7.56. The highest BCUT2D eigenvalue weighted by Crippen LogP contribution is 2.30. The van der Waals surface area contributed by atoms with E-state index in [1.165, 1.54) is 6.20 Å². The van der Waals surface area contributed by atoms with Crippen LogP contribution in [0.2, 0.25) is 0 Å². The fourth-order valence-corrected chi connectivity index (χ4v) is 3.96. The zero-order valence-electron chi connectivity index (χ0n) is 16.7. The van der Waals surface area contributed by atoms with Gasteiger partial charge in [0.05, 0.1) is 29.2 Å². The number of hydrogen-bond acceptors (Lipinski definition) is 4. The van der Waals surface area contributed by atoms with Gasteiger partial charge >= 0.3 is 0 Å². The van der Waals surface area contributed by atoms with E-state index in [1.807, 2.05) is 42.5 Å². The van der Waals surface area contributed by atoms with Crippen LogP contribution in [0.5, 0.6) is 0 Å². The van der Waals surface area contributed by atoms with E-state index in [9.17, 15) is 9.59 Å². The molecule has 0 radical (unpaired) electrons. The highest BCUT2D eigenvalue weighted by atomic mass is 16.2. The molecule has 1 aromatic heterocycles. The summed E-state index contributed by atoms with van der Waals surface area (Å²) in [5.74, 6) is -0.293. The minimum Gasteiger partial charge on any atom is -0.397 e. The number of nitrogen functional groups attached to an aromatic ring is 1. The molecule has 0 aliphatic carbocycles. The largest absolute Gasteiger partial charge is 0.397 e. The molecule has 3 aromatic carbocycles. The van der Waals surface area contributed by atoms with Crippen LogP contribution in [-0.4, -0.2) is 21.7 Å². The van der Waals surface area contributed by atoms with Crippen molar-refractivity contribution in [2.45, 2.75) is 13.1 Å². The van der Waals surface area contributed by atoms with Crippen molar-refractivity contribution in [2.75, 3.05) is 11.1 Å². The zero-order valence-corrected chi connectivity index (χ0v) is 16.7. The van der Waals surface area contributed by atoms with E-state index in [0.717, 1.165) is 27.6 Å². The molecule has 0 saturated carbocycles. The number of hydrogen-bond donors (Lipinski definition) is 2. The Hall–Kier alpha value is -4.19. The van der Waals surface area contributed by atoms with Crippen LogP contribution in [-0.2, 0) is 13.1 Å². The summed E-state index contributed by atoms with van der Waals surface area (Å²) >= 11 is 0. The Kier molecular flexibility index (Phi) is 4.59. The van der Waals surface area contributed by atoms with Crippen LogP contribution in [0.25, 0.3) is 10.8 Å². The van der Waals surface area contributed by atoms with Crippen molar-refractivity contribution in [3.8, 4) is 0 Å². The van der Waals surface area contributed by atoms with E-state index >= 15 is 0 Å². The molecule has 152 valence electrons. The van der Waals surface area contributed by atoms with Gasteiger partial charge in [-0.2, -0.15) is 0 Å². The Morgan fingerprint density at radius 3 is 2.58 bits per heavy atom. The molecule has 3 N–H and O–H groups in total. The standard InChI is InChI=1S/C25H20N4O2/c26-21-9-1-2-10-22(21)28-24(30)17-11-12-19(27-13-17)15-29-14-18-7-3-5-16-6-4-8-20(23(16)18)25(29)31/h1-13H,14-15,26H2,(H,28,30). The summed E-state index contributed by atoms with van der Waals surface area (Å²) in [7, 11) is 0. The summed E-state index contributed by atoms with van der Waals surface area (Å²) in [6.07, 6.45) is 1.52. The molecule has 1 aliphatic rings. The number of anilines is 2. The van der Waals surface area contributed by atoms with Crippen LogP contribution in [0.3, 0.4) is 0 Å². The third-order valence-electron chi connectivity index (χ3n) is 5.52. The van der Waals surface area contributed by atoms with Crippen LogP contribution in [0.1, 0.15) is 32.0 Å². The highest BCUT2D eigenvalue weighted by molar-refractivity contribution is 6.10. The minimum atomic E-state index is -0.286. The second kappa shape index (κ2) is 7.57. The number of amides is 2. The average molecular weight is 408 g/mol. The first-order valence-electron chi connectivity index (χ1n) is 10.0. The Morgan fingerprint density at radius 2 is 1.81 bits per heavy atom. The van der Waals surface area contributed by atoms with Gasteiger partial charge < -0.3 is 16.0 Å². The summed E-state index contributed by atoms with van der Waals surface area (Å²) < 4.78 is 0. The molecule has 2 amide bonds. The number of rotatable bonds is 4. The van der Waals surface area contributed by atoms with Gasteiger partial charge in [0.2, 0.25) is 0 Å². The number of carbonyl (C=O) groups is 2. The number of nitrogens with one attached hydrogen (secondary N) is 1. The van der Waals surface area contributed by atoms with E-state index in [2.05, 4.69) is 16.4 Å². The van der Waals surface area contributed by atoms with Crippen LogP contribution >= 0.6 is 0 Å². The summed E-state index contributed by atoms with van der Waals surface area (Å²) in [4.78, 5) is 31.7. The van der Waals surface area contributed by atoms with Gasteiger partial charge in [-0.3, -0.25) is 14.6 Å². The monoisotopic (exact) mass is 408 g/mol. The molecule has 1 aliphatic heterocycles. The van der Waals surface area contributed by atoms with Crippen molar-refractivity contribution in [2.24, 2.45) is 0 Å². The van der Waals surface area contributed by atoms with Gasteiger partial charge in [0, 0.05) is 18.3 Å². The van der Waals surface area contributed by atoms with Gasteiger partial charge in [0.1, 0.15) is 0 Å². The molecule has 2 heterocycles. The van der Waals surface area contributed by atoms with E-state index < -0.39 is 0 Å². The topological polar surface area (TPSA) is 88.3 Å². The SMILES string of the molecule is Nc1ccccc1NC(=O)c1ccc(CN2Cc3cccc4cccc(c34)C2=O)nc1. The lowest BCUT2D eigenvalue weighted by Gasteiger charge is -2.28. The van der Waals surface area contributed by atoms with Crippen LogP contribution < -0.4 is 11.1 Å². The number of para-hydroxylation sites is 2. The fraction of sp³-hybridized carbons (Fsp3) is 0.0800. The summed E-state index contributed by atoms with van der Waals surface area (Å²) in [6.45, 7) is 0.904. The Balaban J connectivity index is 1.33. The predicted octanol–water partition coefficient (Wildman–Crippen LogP) is 4.23. The van der Waals surface area contributed by atoms with Gasteiger partial charge in [0.15, 0.2) is 0 Å². The van der Waals surface area contributed by atoms with Gasteiger partial charge in [-0.15, -0.1) is 0 Å². The van der Waals surface area contributed by atoms with Crippen molar-refractivity contribution in [3.63, 3.8) is 0 Å². The molecule has 4 aromatic rings. The number of nitrogens with zero attached hydrogens (tertiary/aromatic N) is 2. The first kappa shape index (κ1) is 18.8. The maximum absolute atomic E-state index is 13.0. The molecule has 5 rings (SSSR count). The summed E-state index contributed by atoms with van der Waals surface area (Å²) in [6, 6.07) is 22.5. The Labute approximate surface area is 179 Å². The van der Waals surface area contributed by atoms with Crippen LogP contribution in [0, 0.1) is 0 Å². The van der Waals surface area contributed by atoms with Gasteiger partial charge in [-0.25, -0.2) is 0 Å². The summed E-state index contributed by atoms with van der Waals surface area (Å²) in [5.41, 5.74) is 9.93. The lowest BCUT2D eigenvalue weighted by atomic mass is 9.94. The molecular weight excluding hydrogens is 388 g/mol. The molecule has 0 spiro atoms. The first-order valence-corrected chi connectivity index (χ1v) is 10.0. The maximum Gasteiger partial charge on any atom is 0.257 e. The first-order chi connectivity index (χ1) is 15.1. The lowest BCUT2D eigenvalue weighted by Crippen LogP contribution is -2.33. The zero-order chi connectivity index (χ0) is 21.4. The Morgan fingerprint density at radius 1 is 1.00 bits per heavy atom. The molecule has 0 bridgehead atoms. The number of benzene rings is 3. The summed E-state index contributed by atoms with van der Waals surface area (Å²) in [5, 5.41) is 4.90. The van der Waals surface area contributed by atoms with Gasteiger partial charge in [-0.05, 0) is 46.7 Å². The van der Waals surface area contributed by atoms with Crippen molar-refractivity contribution >= 4 is 34.0 Å². The number of carbonyl (C=O) groups excluding carboxylic acids is 2. The van der Waals surface area contributed by atoms with Crippen LogP contribution in [0.4, 0.5) is 11.4 Å². The van der Waals surface area contributed by atoms with Crippen molar-refractivity contribution < 1.29 is 9.59 Å². The molecule has 0 fully saturated rings. The Bertz CT molecular complexity index is 1310. The van der Waals surface area contributed by atoms with E-state index in [4.69, 9.17) is 5.73 Å². The fourth-order valence-electron chi connectivity index (χ4n) is 3.96. The normalized spacial score (nSPS) is 12.8. The van der Waals surface area contributed by atoms with Crippen molar-refractivity contribution in [1.82, 2.24) is 9.88 Å². The quantitative estimate of drug-likeness (QED) is 0.495. The minimum absolute atomic E-state index is 0.00697. The highest BCUT2D eigenvalue weighted by Gasteiger charge is 2.25. The average Bonchev–Trinajstić information content (AvgIpc) is 2.79. The number of nitrogens with two attached hydrogens (primary N) is 1. The van der Waals surface area contributed by atoms with Gasteiger partial charge in [-0.1, -0.05) is 42.5 Å². The molecule has 31 heavy (non-hydrogen) atoms. The molecule has 0 atom stereocenters. The molecule has 0 saturated heterocycles. The van der Waals surface area contributed by atoms with E-state index in [0.29, 0.717) is 30.0 Å². The number of aromatic nitrogens is 1. The van der Waals surface area contributed by atoms with Crippen LogP contribution in [0.15, 0.2) is 79.0 Å². The third kappa shape index (κ3) is 3.48. The maximum atomic E-state index is 13.0. The van der Waals surface area contributed by atoms with E-state index in [1.54, 1.807) is 29.2 Å². The second-order valence-electron chi connectivity index (χ2n) is 7.56. The molecule has 6 heteroatoms. The van der Waals surface area contributed by atoms with E-state index in [-0.39, 0.29) is 11.8 Å². The smallest absolute Gasteiger partial charge is 0.257 e. The van der Waals surface area contributed by atoms with Crippen molar-refractivity contribution in [3.05, 3.63) is 101 Å². The molecule has 0 unspecified atom stereocenters. The molecular formula is C25H20N4O2. The lowest BCUT2D eigenvalue weighted by molar-refractivity contribution is 0.0722. The van der Waals surface area contributed by atoms with Crippen molar-refractivity contribution in [1.29, 1.82) is 0 Å². The third-order valence-corrected chi connectivity index (χ3v) is 5.52. The van der Waals surface area contributed by atoms with Gasteiger partial charge in [0.25, 0.3) is 11.8 Å². The predicted molar refractivity (Wildman–Crippen MR) is 121 cm³/mol. The number of pyridine rings is 1.